The van der Waals surface area contributed by atoms with Crippen molar-refractivity contribution in [3.63, 3.8) is 0 Å². The molecule has 29 heavy (non-hydrogen) atoms. The number of amides is 1. The number of rotatable bonds is 4. The zero-order valence-corrected chi connectivity index (χ0v) is 16.7. The monoisotopic (exact) mass is 417 g/mol. The van der Waals surface area contributed by atoms with Crippen LogP contribution in [0.5, 0.6) is 0 Å². The molecule has 2 fully saturated rings. The van der Waals surface area contributed by atoms with Crippen LogP contribution in [0.15, 0.2) is 65.6 Å². The summed E-state index contributed by atoms with van der Waals surface area (Å²) in [5.74, 6) is 0. The predicted molar refractivity (Wildman–Crippen MR) is 106 cm³/mol. The lowest BCUT2D eigenvalue weighted by Crippen LogP contribution is -2.65. The van der Waals surface area contributed by atoms with Gasteiger partial charge in [-0.3, -0.25) is 0 Å². The van der Waals surface area contributed by atoms with E-state index in [4.69, 9.17) is 18.9 Å². The highest BCUT2D eigenvalue weighted by atomic mass is 32.2. The zero-order chi connectivity index (χ0) is 20.2. The molecule has 2 heterocycles. The molecule has 2 aromatic carbocycles. The molecule has 0 saturated carbocycles. The van der Waals surface area contributed by atoms with Gasteiger partial charge in [0.05, 0.1) is 19.8 Å². The number of hydrogen-bond donors (Lipinski definition) is 2. The number of carbonyl (C=O) groups excluding carboxylic acids is 1. The number of carbonyl (C=O) groups is 1. The number of fused-ring (bicyclic) bond motifs is 1. The van der Waals surface area contributed by atoms with Gasteiger partial charge in [0.1, 0.15) is 23.7 Å². The highest BCUT2D eigenvalue weighted by molar-refractivity contribution is 7.99. The second kappa shape index (κ2) is 9.15. The second-order valence-corrected chi connectivity index (χ2v) is 7.97. The maximum absolute atomic E-state index is 11.9. The Morgan fingerprint density at radius 3 is 2.48 bits per heavy atom. The minimum atomic E-state index is -0.996. The molecule has 2 aliphatic rings. The van der Waals surface area contributed by atoms with Gasteiger partial charge in [-0.05, 0) is 12.1 Å². The van der Waals surface area contributed by atoms with Crippen LogP contribution in [0.1, 0.15) is 11.9 Å². The van der Waals surface area contributed by atoms with Crippen LogP contribution in [0.25, 0.3) is 0 Å². The normalized spacial score (nSPS) is 31.5. The molecule has 0 bridgehead atoms. The van der Waals surface area contributed by atoms with Gasteiger partial charge in [-0.15, -0.1) is 0 Å². The fourth-order valence-electron chi connectivity index (χ4n) is 3.45. The van der Waals surface area contributed by atoms with Crippen molar-refractivity contribution in [1.29, 1.82) is 0 Å². The van der Waals surface area contributed by atoms with Gasteiger partial charge in [0.15, 0.2) is 6.29 Å². The molecule has 4 unspecified atom stereocenters. The van der Waals surface area contributed by atoms with Crippen LogP contribution >= 0.6 is 11.8 Å². The van der Waals surface area contributed by atoms with E-state index in [1.54, 1.807) is 0 Å². The SMILES string of the molecule is COC(=O)NC1C(O)[C@@H]2OC(c3ccccc3)OCC2O[C@H]1Sc1ccccc1. The van der Waals surface area contributed by atoms with Crippen molar-refractivity contribution in [2.24, 2.45) is 0 Å². The Balaban J connectivity index is 1.53. The number of hydrogen-bond acceptors (Lipinski definition) is 7. The summed E-state index contributed by atoms with van der Waals surface area (Å²) in [7, 11) is 1.28. The third-order valence-corrected chi connectivity index (χ3v) is 6.08. The fourth-order valence-corrected chi connectivity index (χ4v) is 4.61. The topological polar surface area (TPSA) is 86.3 Å². The minimum absolute atomic E-state index is 0.276. The van der Waals surface area contributed by atoms with Crippen LogP contribution in [0, 0.1) is 0 Å². The van der Waals surface area contributed by atoms with E-state index >= 15 is 0 Å². The first-order valence-electron chi connectivity index (χ1n) is 9.37. The molecule has 2 aliphatic heterocycles. The van der Waals surface area contributed by atoms with Gasteiger partial charge in [0, 0.05) is 10.5 Å². The summed E-state index contributed by atoms with van der Waals surface area (Å²) in [6.07, 6.45) is -3.34. The Morgan fingerprint density at radius 2 is 1.79 bits per heavy atom. The lowest BCUT2D eigenvalue weighted by molar-refractivity contribution is -0.306. The summed E-state index contributed by atoms with van der Waals surface area (Å²) >= 11 is 1.42. The van der Waals surface area contributed by atoms with Crippen LogP contribution in [0.3, 0.4) is 0 Å². The summed E-state index contributed by atoms with van der Waals surface area (Å²) in [6, 6.07) is 18.5. The molecule has 2 saturated heterocycles. The second-order valence-electron chi connectivity index (χ2n) is 6.80. The molecular weight excluding hydrogens is 394 g/mol. The van der Waals surface area contributed by atoms with Gasteiger partial charge in [0.2, 0.25) is 0 Å². The van der Waals surface area contributed by atoms with Crippen molar-refractivity contribution in [3.8, 4) is 0 Å². The minimum Gasteiger partial charge on any atom is -0.453 e. The molecular formula is C21H23NO6S. The van der Waals surface area contributed by atoms with Crippen molar-refractivity contribution in [2.45, 2.75) is 41.0 Å². The van der Waals surface area contributed by atoms with Gasteiger partial charge >= 0.3 is 6.09 Å². The van der Waals surface area contributed by atoms with Gasteiger partial charge < -0.3 is 29.4 Å². The van der Waals surface area contributed by atoms with Crippen LogP contribution in [0.4, 0.5) is 4.79 Å². The number of aliphatic hydroxyl groups is 1. The number of methoxy groups -OCH3 is 1. The van der Waals surface area contributed by atoms with E-state index in [-0.39, 0.29) is 6.61 Å². The standard InChI is InChI=1S/C21H23NO6S/c1-25-21(24)22-16-17(23)18-15(27-20(16)29-14-10-6-3-7-11-14)12-26-19(28-18)13-8-4-2-5-9-13/h2-11,15-20,23H,12H2,1H3,(H,22,24)/t15?,16?,17?,18-,19?,20+/m1/s1. The molecule has 154 valence electrons. The molecule has 1 amide bonds. The van der Waals surface area contributed by atoms with E-state index in [1.165, 1.54) is 18.9 Å². The van der Waals surface area contributed by atoms with Crippen LogP contribution in [0.2, 0.25) is 0 Å². The maximum atomic E-state index is 11.9. The van der Waals surface area contributed by atoms with Gasteiger partial charge in [0.25, 0.3) is 0 Å². The summed E-state index contributed by atoms with van der Waals surface area (Å²) in [4.78, 5) is 12.9. The Hall–Kier alpha value is -2.10. The lowest BCUT2D eigenvalue weighted by atomic mass is 9.97. The summed E-state index contributed by atoms with van der Waals surface area (Å²) < 4.78 is 22.8. The van der Waals surface area contributed by atoms with E-state index in [1.807, 2.05) is 60.7 Å². The zero-order valence-electron chi connectivity index (χ0n) is 15.8. The first-order chi connectivity index (χ1) is 14.2. The third-order valence-electron chi connectivity index (χ3n) is 4.90. The highest BCUT2D eigenvalue weighted by Gasteiger charge is 2.50. The van der Waals surface area contributed by atoms with E-state index in [0.717, 1.165) is 10.5 Å². The molecule has 0 radical (unpaired) electrons. The Bertz CT molecular complexity index is 807. The molecule has 0 spiro atoms. The fraction of sp³-hybridized carbons (Fsp3) is 0.381. The summed E-state index contributed by atoms with van der Waals surface area (Å²) in [6.45, 7) is 0.276. The summed E-state index contributed by atoms with van der Waals surface area (Å²) in [5, 5.41) is 13.8. The number of alkyl carbamates (subject to hydrolysis) is 1. The lowest BCUT2D eigenvalue weighted by Gasteiger charge is -2.47. The predicted octanol–water partition coefficient (Wildman–Crippen LogP) is 2.70. The van der Waals surface area contributed by atoms with Crippen molar-refractivity contribution >= 4 is 17.9 Å². The van der Waals surface area contributed by atoms with Crippen molar-refractivity contribution < 1.29 is 28.8 Å². The first kappa shape index (κ1) is 20.2. The maximum Gasteiger partial charge on any atom is 0.407 e. The molecule has 4 rings (SSSR count). The summed E-state index contributed by atoms with van der Waals surface area (Å²) in [5.41, 5.74) is 0.324. The Morgan fingerprint density at radius 1 is 1.10 bits per heavy atom. The number of nitrogens with one attached hydrogen (secondary N) is 1. The van der Waals surface area contributed by atoms with Crippen LogP contribution in [-0.4, -0.2) is 54.7 Å². The van der Waals surface area contributed by atoms with Crippen molar-refractivity contribution in [3.05, 3.63) is 66.2 Å². The molecule has 2 N–H and O–H groups in total. The number of ether oxygens (including phenoxy) is 4. The van der Waals surface area contributed by atoms with Crippen molar-refractivity contribution in [2.75, 3.05) is 13.7 Å². The van der Waals surface area contributed by atoms with Gasteiger partial charge in [-0.2, -0.15) is 0 Å². The average Bonchev–Trinajstić information content (AvgIpc) is 2.77. The molecule has 7 nitrogen and oxygen atoms in total. The van der Waals surface area contributed by atoms with Gasteiger partial charge in [-0.25, -0.2) is 4.79 Å². The highest BCUT2D eigenvalue weighted by Crippen LogP contribution is 2.38. The Labute approximate surface area is 173 Å². The third kappa shape index (κ3) is 4.57. The quantitative estimate of drug-likeness (QED) is 0.791. The number of thioether (sulfide) groups is 1. The number of aliphatic hydroxyl groups excluding tert-OH is 1. The van der Waals surface area contributed by atoms with E-state index < -0.39 is 42.2 Å². The largest absolute Gasteiger partial charge is 0.453 e. The first-order valence-corrected chi connectivity index (χ1v) is 10.3. The molecule has 0 aliphatic carbocycles. The molecule has 8 heteroatoms. The molecule has 2 aromatic rings. The van der Waals surface area contributed by atoms with E-state index in [0.29, 0.717) is 0 Å². The molecule has 0 aromatic heterocycles. The van der Waals surface area contributed by atoms with Gasteiger partial charge in [-0.1, -0.05) is 60.3 Å². The van der Waals surface area contributed by atoms with Crippen LogP contribution in [-0.2, 0) is 18.9 Å². The molecule has 6 atom stereocenters. The van der Waals surface area contributed by atoms with Crippen molar-refractivity contribution in [1.82, 2.24) is 5.32 Å². The number of benzene rings is 2. The van der Waals surface area contributed by atoms with E-state index in [2.05, 4.69) is 5.32 Å². The van der Waals surface area contributed by atoms with E-state index in [9.17, 15) is 9.90 Å². The average molecular weight is 417 g/mol. The van der Waals surface area contributed by atoms with Crippen LogP contribution < -0.4 is 5.32 Å². The Kier molecular flexibility index (Phi) is 6.37. The smallest absolute Gasteiger partial charge is 0.407 e.